The van der Waals surface area contributed by atoms with E-state index in [1.54, 1.807) is 0 Å². The van der Waals surface area contributed by atoms with E-state index in [0.29, 0.717) is 32.5 Å². The maximum Gasteiger partial charge on any atom is 0.211 e. The first kappa shape index (κ1) is 13.0. The third-order valence-electron chi connectivity index (χ3n) is 3.83. The first-order chi connectivity index (χ1) is 7.95. The van der Waals surface area contributed by atoms with Crippen LogP contribution in [0.15, 0.2) is 0 Å². The smallest absolute Gasteiger partial charge is 0.211 e. The molecule has 2 aliphatic rings. The molecule has 0 amide bonds. The number of ether oxygens (including phenoxy) is 1. The summed E-state index contributed by atoms with van der Waals surface area (Å²) in [5.74, 6) is 0.0773. The number of nitrogens with zero attached hydrogens (tertiary/aromatic N) is 1. The molecule has 0 bridgehead atoms. The maximum absolute atomic E-state index is 11.4. The third-order valence-corrected chi connectivity index (χ3v) is 5.13. The van der Waals surface area contributed by atoms with Gasteiger partial charge in [0.15, 0.2) is 0 Å². The molecule has 2 rings (SSSR count). The Labute approximate surface area is 102 Å². The van der Waals surface area contributed by atoms with E-state index < -0.39 is 10.0 Å². The number of sulfonamides is 1. The van der Waals surface area contributed by atoms with Crippen molar-refractivity contribution >= 4 is 16.3 Å². The highest BCUT2D eigenvalue weighted by molar-refractivity contribution is 7.88. The lowest BCUT2D eigenvalue weighted by atomic mass is 9.80. The minimum atomic E-state index is -3.09. The largest absolute Gasteiger partial charge is 0.375 e. The van der Waals surface area contributed by atoms with Gasteiger partial charge in [0.2, 0.25) is 10.0 Å². The topological polar surface area (TPSA) is 63.7 Å². The van der Waals surface area contributed by atoms with Gasteiger partial charge in [-0.15, -0.1) is 0 Å². The molecular formula is C11H19NO4S. The number of carbonyl (C=O) groups excluding carboxylic acids is 1. The van der Waals surface area contributed by atoms with Gasteiger partial charge in [-0.2, -0.15) is 0 Å². The maximum atomic E-state index is 11.4. The highest BCUT2D eigenvalue weighted by Gasteiger charge is 2.41. The quantitative estimate of drug-likeness (QED) is 0.675. The first-order valence-electron chi connectivity index (χ1n) is 6.00. The molecule has 0 radical (unpaired) electrons. The van der Waals surface area contributed by atoms with Crippen LogP contribution in [-0.4, -0.2) is 50.6 Å². The van der Waals surface area contributed by atoms with Gasteiger partial charge in [-0.25, -0.2) is 12.7 Å². The lowest BCUT2D eigenvalue weighted by molar-refractivity contribution is -0.135. The predicted molar refractivity (Wildman–Crippen MR) is 63.1 cm³/mol. The third kappa shape index (κ3) is 2.86. The van der Waals surface area contributed by atoms with Crippen LogP contribution in [0.25, 0.3) is 0 Å². The van der Waals surface area contributed by atoms with E-state index in [9.17, 15) is 13.2 Å². The Morgan fingerprint density at radius 2 is 2.00 bits per heavy atom. The number of rotatable bonds is 2. The lowest BCUT2D eigenvalue weighted by Gasteiger charge is -2.44. The lowest BCUT2D eigenvalue weighted by Crippen LogP contribution is -2.50. The van der Waals surface area contributed by atoms with Crippen LogP contribution in [0, 0.1) is 5.92 Å². The van der Waals surface area contributed by atoms with Crippen molar-refractivity contribution in [3.8, 4) is 0 Å². The number of hydrogen-bond acceptors (Lipinski definition) is 4. The Balaban J connectivity index is 2.00. The van der Waals surface area contributed by atoms with E-state index in [-0.39, 0.29) is 11.5 Å². The molecule has 1 atom stereocenters. The van der Waals surface area contributed by atoms with Gasteiger partial charge in [0.1, 0.15) is 6.29 Å². The fourth-order valence-corrected chi connectivity index (χ4v) is 3.60. The molecule has 17 heavy (non-hydrogen) atoms. The molecule has 0 aromatic carbocycles. The van der Waals surface area contributed by atoms with Crippen molar-refractivity contribution in [1.29, 1.82) is 0 Å². The van der Waals surface area contributed by atoms with E-state index in [2.05, 4.69) is 0 Å². The Hall–Kier alpha value is -0.460. The van der Waals surface area contributed by atoms with Crippen molar-refractivity contribution in [3.05, 3.63) is 0 Å². The summed E-state index contributed by atoms with van der Waals surface area (Å²) in [4.78, 5) is 10.8. The minimum absolute atomic E-state index is 0.0773. The molecule has 98 valence electrons. The molecule has 5 nitrogen and oxygen atoms in total. The Morgan fingerprint density at radius 3 is 2.53 bits per heavy atom. The molecule has 2 saturated heterocycles. The molecule has 2 fully saturated rings. The molecule has 2 aliphatic heterocycles. The van der Waals surface area contributed by atoms with Crippen LogP contribution in [0.1, 0.15) is 25.7 Å². The number of carbonyl (C=O) groups is 1. The summed E-state index contributed by atoms with van der Waals surface area (Å²) in [6.45, 7) is 1.62. The van der Waals surface area contributed by atoms with Crippen LogP contribution in [0.4, 0.5) is 0 Å². The fourth-order valence-electron chi connectivity index (χ4n) is 2.76. The van der Waals surface area contributed by atoms with E-state index in [0.717, 1.165) is 19.1 Å². The zero-order valence-corrected chi connectivity index (χ0v) is 10.9. The Kier molecular flexibility index (Phi) is 3.56. The van der Waals surface area contributed by atoms with Gasteiger partial charge in [0.05, 0.1) is 11.9 Å². The molecule has 0 aromatic heterocycles. The SMILES string of the molecule is CS(=O)(=O)N1CCC2(CC1)CC(C=O)CCO2. The fraction of sp³-hybridized carbons (Fsp3) is 0.909. The van der Waals surface area contributed by atoms with Crippen LogP contribution in [0.3, 0.4) is 0 Å². The molecule has 0 aromatic rings. The summed E-state index contributed by atoms with van der Waals surface area (Å²) >= 11 is 0. The van der Waals surface area contributed by atoms with Crippen molar-refractivity contribution in [2.45, 2.75) is 31.3 Å². The Morgan fingerprint density at radius 1 is 1.35 bits per heavy atom. The van der Waals surface area contributed by atoms with Gasteiger partial charge < -0.3 is 9.53 Å². The van der Waals surface area contributed by atoms with Crippen molar-refractivity contribution in [1.82, 2.24) is 4.31 Å². The summed E-state index contributed by atoms with van der Waals surface area (Å²) < 4.78 is 30.1. The molecule has 2 heterocycles. The second-order valence-electron chi connectivity index (χ2n) is 5.08. The van der Waals surface area contributed by atoms with Gasteiger partial charge in [-0.3, -0.25) is 0 Å². The number of hydrogen-bond donors (Lipinski definition) is 0. The normalized spacial score (nSPS) is 30.3. The van der Waals surface area contributed by atoms with E-state index in [1.807, 2.05) is 0 Å². The summed E-state index contributed by atoms with van der Waals surface area (Å²) in [5.41, 5.74) is -0.259. The van der Waals surface area contributed by atoms with Crippen LogP contribution in [-0.2, 0) is 19.6 Å². The summed E-state index contributed by atoms with van der Waals surface area (Å²) in [6.07, 6.45) is 5.18. The first-order valence-corrected chi connectivity index (χ1v) is 7.84. The zero-order valence-electron chi connectivity index (χ0n) is 10.1. The van der Waals surface area contributed by atoms with Crippen molar-refractivity contribution in [2.24, 2.45) is 5.92 Å². The standard InChI is InChI=1S/C11H19NO4S/c1-17(14,15)12-5-3-11(4-6-12)8-10(9-13)2-7-16-11/h9-10H,2-8H2,1H3. The molecule has 0 aliphatic carbocycles. The summed E-state index contributed by atoms with van der Waals surface area (Å²) in [6, 6.07) is 0. The van der Waals surface area contributed by atoms with Gasteiger partial charge >= 0.3 is 0 Å². The predicted octanol–water partition coefficient (Wildman–Crippen LogP) is 0.406. The van der Waals surface area contributed by atoms with E-state index >= 15 is 0 Å². The zero-order chi connectivity index (χ0) is 12.5. The molecular weight excluding hydrogens is 242 g/mol. The van der Waals surface area contributed by atoms with E-state index in [4.69, 9.17) is 4.74 Å². The second-order valence-corrected chi connectivity index (χ2v) is 7.06. The van der Waals surface area contributed by atoms with E-state index in [1.165, 1.54) is 10.6 Å². The second kappa shape index (κ2) is 4.66. The highest BCUT2D eigenvalue weighted by atomic mass is 32.2. The summed E-state index contributed by atoms with van der Waals surface area (Å²) in [5, 5.41) is 0. The monoisotopic (exact) mass is 261 g/mol. The molecule has 1 spiro atoms. The average Bonchev–Trinajstić information content (AvgIpc) is 2.28. The molecule has 0 N–H and O–H groups in total. The van der Waals surface area contributed by atoms with Crippen molar-refractivity contribution < 1.29 is 17.9 Å². The molecule has 6 heteroatoms. The van der Waals surface area contributed by atoms with Crippen molar-refractivity contribution in [3.63, 3.8) is 0 Å². The number of piperidine rings is 1. The molecule has 1 unspecified atom stereocenters. The Bertz CT molecular complexity index is 384. The van der Waals surface area contributed by atoms with Gasteiger partial charge in [-0.1, -0.05) is 0 Å². The van der Waals surface area contributed by atoms with Crippen LogP contribution < -0.4 is 0 Å². The van der Waals surface area contributed by atoms with Crippen LogP contribution in [0.5, 0.6) is 0 Å². The average molecular weight is 261 g/mol. The van der Waals surface area contributed by atoms with Gasteiger partial charge in [0.25, 0.3) is 0 Å². The summed E-state index contributed by atoms with van der Waals surface area (Å²) in [7, 11) is -3.09. The highest BCUT2D eigenvalue weighted by Crippen LogP contribution is 2.37. The molecule has 0 saturated carbocycles. The van der Waals surface area contributed by atoms with Crippen molar-refractivity contribution in [2.75, 3.05) is 26.0 Å². The number of aldehydes is 1. The van der Waals surface area contributed by atoms with Gasteiger partial charge in [0, 0.05) is 25.6 Å². The van der Waals surface area contributed by atoms with Crippen LogP contribution >= 0.6 is 0 Å². The minimum Gasteiger partial charge on any atom is -0.375 e. The van der Waals surface area contributed by atoms with Crippen LogP contribution in [0.2, 0.25) is 0 Å². The van der Waals surface area contributed by atoms with Gasteiger partial charge in [-0.05, 0) is 25.7 Å².